The van der Waals surface area contributed by atoms with Gasteiger partial charge in [-0.3, -0.25) is 4.90 Å². The lowest BCUT2D eigenvalue weighted by molar-refractivity contribution is 0.227. The summed E-state index contributed by atoms with van der Waals surface area (Å²) in [6, 6.07) is 1.04. The van der Waals surface area contributed by atoms with Crippen LogP contribution < -0.4 is 5.73 Å². The van der Waals surface area contributed by atoms with Gasteiger partial charge in [0.2, 0.25) is 0 Å². The van der Waals surface area contributed by atoms with Crippen LogP contribution in [0.1, 0.15) is 19.8 Å². The van der Waals surface area contributed by atoms with Crippen molar-refractivity contribution in [1.29, 1.82) is 0 Å². The van der Waals surface area contributed by atoms with Crippen molar-refractivity contribution in [3.05, 3.63) is 0 Å². The summed E-state index contributed by atoms with van der Waals surface area (Å²) in [5.41, 5.74) is 6.00. The molecular formula is C10H20N2S. The van der Waals surface area contributed by atoms with Crippen molar-refractivity contribution in [1.82, 2.24) is 4.90 Å². The van der Waals surface area contributed by atoms with Gasteiger partial charge in [0.1, 0.15) is 0 Å². The molecule has 2 aliphatic rings. The summed E-state index contributed by atoms with van der Waals surface area (Å²) in [5.74, 6) is 3.69. The highest BCUT2D eigenvalue weighted by Gasteiger charge is 2.30. The molecule has 76 valence electrons. The van der Waals surface area contributed by atoms with E-state index in [-0.39, 0.29) is 0 Å². The molecule has 2 fully saturated rings. The van der Waals surface area contributed by atoms with Crippen molar-refractivity contribution in [2.45, 2.75) is 31.8 Å². The predicted molar refractivity (Wildman–Crippen MR) is 59.1 cm³/mol. The van der Waals surface area contributed by atoms with Crippen LogP contribution in [-0.4, -0.2) is 41.6 Å². The Kier molecular flexibility index (Phi) is 3.17. The largest absolute Gasteiger partial charge is 0.326 e. The van der Waals surface area contributed by atoms with Crippen LogP contribution >= 0.6 is 11.8 Å². The molecule has 2 N–H and O–H groups in total. The summed E-state index contributed by atoms with van der Waals surface area (Å²) in [6.45, 7) is 4.80. The average Bonchev–Trinajstić information content (AvgIpc) is 2.71. The van der Waals surface area contributed by atoms with Gasteiger partial charge in [0, 0.05) is 25.2 Å². The minimum absolute atomic E-state index is 0.425. The monoisotopic (exact) mass is 200 g/mol. The fourth-order valence-electron chi connectivity index (χ4n) is 2.35. The lowest BCUT2D eigenvalue weighted by Gasteiger charge is -2.25. The number of likely N-dealkylation sites (tertiary alicyclic amines) is 1. The molecule has 3 unspecified atom stereocenters. The zero-order chi connectivity index (χ0) is 9.26. The summed E-state index contributed by atoms with van der Waals surface area (Å²) in [5, 5.41) is 0. The van der Waals surface area contributed by atoms with E-state index in [4.69, 9.17) is 5.73 Å². The predicted octanol–water partition coefficient (Wildman–Crippen LogP) is 1.16. The van der Waals surface area contributed by atoms with Gasteiger partial charge in [-0.15, -0.1) is 0 Å². The van der Waals surface area contributed by atoms with E-state index >= 15 is 0 Å². The summed E-state index contributed by atoms with van der Waals surface area (Å²) < 4.78 is 0. The summed E-state index contributed by atoms with van der Waals surface area (Å²) in [7, 11) is 0. The second-order valence-electron chi connectivity index (χ2n) is 4.42. The summed E-state index contributed by atoms with van der Waals surface area (Å²) in [6.07, 6.45) is 2.62. The SMILES string of the molecule is CC1C(N)CCN1CC1CCSC1. The topological polar surface area (TPSA) is 29.3 Å². The molecule has 0 aromatic rings. The maximum Gasteiger partial charge on any atom is 0.0219 e. The highest BCUT2D eigenvalue weighted by atomic mass is 32.2. The third-order valence-corrected chi connectivity index (χ3v) is 4.69. The van der Waals surface area contributed by atoms with Crippen molar-refractivity contribution >= 4 is 11.8 Å². The molecule has 0 aromatic heterocycles. The second-order valence-corrected chi connectivity index (χ2v) is 5.57. The van der Waals surface area contributed by atoms with E-state index in [1.54, 1.807) is 0 Å². The molecule has 0 radical (unpaired) electrons. The van der Waals surface area contributed by atoms with Gasteiger partial charge in [0.25, 0.3) is 0 Å². The lowest BCUT2D eigenvalue weighted by Crippen LogP contribution is -2.39. The molecule has 2 nitrogen and oxygen atoms in total. The van der Waals surface area contributed by atoms with Crippen molar-refractivity contribution in [3.63, 3.8) is 0 Å². The molecular weight excluding hydrogens is 180 g/mol. The third kappa shape index (κ3) is 2.20. The smallest absolute Gasteiger partial charge is 0.0219 e. The van der Waals surface area contributed by atoms with Gasteiger partial charge in [-0.25, -0.2) is 0 Å². The Morgan fingerprint density at radius 1 is 1.46 bits per heavy atom. The van der Waals surface area contributed by atoms with Crippen molar-refractivity contribution in [2.75, 3.05) is 24.6 Å². The van der Waals surface area contributed by atoms with E-state index in [1.807, 2.05) is 0 Å². The maximum atomic E-state index is 6.00. The van der Waals surface area contributed by atoms with Crippen LogP contribution in [-0.2, 0) is 0 Å². The molecule has 2 heterocycles. The first-order valence-corrected chi connectivity index (χ1v) is 6.50. The van der Waals surface area contributed by atoms with Crippen LogP contribution in [0.5, 0.6) is 0 Å². The molecule has 0 spiro atoms. The van der Waals surface area contributed by atoms with Gasteiger partial charge in [-0.2, -0.15) is 11.8 Å². The second kappa shape index (κ2) is 4.20. The number of nitrogens with zero attached hydrogens (tertiary/aromatic N) is 1. The van der Waals surface area contributed by atoms with Crippen LogP contribution in [0.3, 0.4) is 0 Å². The number of thioether (sulfide) groups is 1. The zero-order valence-corrected chi connectivity index (χ0v) is 9.22. The van der Waals surface area contributed by atoms with E-state index in [0.717, 1.165) is 5.92 Å². The molecule has 2 rings (SSSR count). The van der Waals surface area contributed by atoms with E-state index in [2.05, 4.69) is 23.6 Å². The summed E-state index contributed by atoms with van der Waals surface area (Å²) in [4.78, 5) is 2.58. The van der Waals surface area contributed by atoms with E-state index < -0.39 is 0 Å². The van der Waals surface area contributed by atoms with Crippen LogP contribution in [0.15, 0.2) is 0 Å². The van der Waals surface area contributed by atoms with Crippen molar-refractivity contribution < 1.29 is 0 Å². The molecule has 3 atom stereocenters. The highest BCUT2D eigenvalue weighted by molar-refractivity contribution is 7.99. The first kappa shape index (κ1) is 9.81. The first-order valence-electron chi connectivity index (χ1n) is 5.35. The standard InChI is InChI=1S/C10H20N2S/c1-8-10(11)2-4-12(8)6-9-3-5-13-7-9/h8-10H,2-7,11H2,1H3. The summed E-state index contributed by atoms with van der Waals surface area (Å²) >= 11 is 2.11. The van der Waals surface area contributed by atoms with Crippen molar-refractivity contribution in [3.8, 4) is 0 Å². The highest BCUT2D eigenvalue weighted by Crippen LogP contribution is 2.26. The Bertz CT molecular complexity index is 168. The van der Waals surface area contributed by atoms with Gasteiger partial charge in [0.05, 0.1) is 0 Å². The lowest BCUT2D eigenvalue weighted by atomic mass is 10.1. The molecule has 2 saturated heterocycles. The van der Waals surface area contributed by atoms with Crippen LogP contribution in [0, 0.1) is 5.92 Å². The van der Waals surface area contributed by atoms with Gasteiger partial charge in [-0.05, 0) is 37.2 Å². The third-order valence-electron chi connectivity index (χ3n) is 3.46. The molecule has 0 saturated carbocycles. The number of hydrogen-bond acceptors (Lipinski definition) is 3. The van der Waals surface area contributed by atoms with Gasteiger partial charge >= 0.3 is 0 Å². The Balaban J connectivity index is 1.81. The quantitative estimate of drug-likeness (QED) is 0.725. The average molecular weight is 200 g/mol. The molecule has 0 bridgehead atoms. The van der Waals surface area contributed by atoms with Crippen LogP contribution in [0.4, 0.5) is 0 Å². The van der Waals surface area contributed by atoms with Crippen LogP contribution in [0.2, 0.25) is 0 Å². The van der Waals surface area contributed by atoms with Gasteiger partial charge in [0.15, 0.2) is 0 Å². The molecule has 0 aromatic carbocycles. The van der Waals surface area contributed by atoms with Gasteiger partial charge < -0.3 is 5.73 Å². The van der Waals surface area contributed by atoms with E-state index in [9.17, 15) is 0 Å². The first-order chi connectivity index (χ1) is 6.27. The van der Waals surface area contributed by atoms with Gasteiger partial charge in [-0.1, -0.05) is 0 Å². The number of hydrogen-bond donors (Lipinski definition) is 1. The Morgan fingerprint density at radius 3 is 2.85 bits per heavy atom. The molecule has 0 aliphatic carbocycles. The Labute approximate surface area is 85.2 Å². The number of nitrogens with two attached hydrogens (primary N) is 1. The zero-order valence-electron chi connectivity index (χ0n) is 8.41. The Morgan fingerprint density at radius 2 is 2.31 bits per heavy atom. The maximum absolute atomic E-state index is 6.00. The fourth-order valence-corrected chi connectivity index (χ4v) is 3.62. The molecule has 3 heteroatoms. The normalized spacial score (nSPS) is 41.5. The Hall–Kier alpha value is 0.270. The van der Waals surface area contributed by atoms with Crippen molar-refractivity contribution in [2.24, 2.45) is 11.7 Å². The molecule has 0 amide bonds. The fraction of sp³-hybridized carbons (Fsp3) is 1.00. The van der Waals surface area contributed by atoms with E-state index in [0.29, 0.717) is 12.1 Å². The minimum atomic E-state index is 0.425. The number of rotatable bonds is 2. The molecule has 13 heavy (non-hydrogen) atoms. The minimum Gasteiger partial charge on any atom is -0.326 e. The van der Waals surface area contributed by atoms with Crippen LogP contribution in [0.25, 0.3) is 0 Å². The molecule has 2 aliphatic heterocycles. The van der Waals surface area contributed by atoms with E-state index in [1.165, 1.54) is 37.4 Å².